The van der Waals surface area contributed by atoms with Crippen LogP contribution in [0, 0.1) is 0 Å². The van der Waals surface area contributed by atoms with E-state index >= 15 is 0 Å². The number of rotatable bonds is 5. The quantitative estimate of drug-likeness (QED) is 0.611. The van der Waals surface area contributed by atoms with Gasteiger partial charge in [0, 0.05) is 4.47 Å². The fraction of sp³-hybridized carbons (Fsp3) is 0.471. The van der Waals surface area contributed by atoms with E-state index in [1.54, 1.807) is 13.8 Å². The second-order valence-electron chi connectivity index (χ2n) is 6.08. The first-order valence-electron chi connectivity index (χ1n) is 7.86. The van der Waals surface area contributed by atoms with Crippen molar-refractivity contribution in [3.8, 4) is 0 Å². The summed E-state index contributed by atoms with van der Waals surface area (Å²) in [6.07, 6.45) is -0.153. The molecule has 24 heavy (non-hydrogen) atoms. The van der Waals surface area contributed by atoms with E-state index in [0.717, 1.165) is 10.0 Å². The van der Waals surface area contributed by atoms with Gasteiger partial charge in [-0.2, -0.15) is 5.10 Å². The second-order valence-corrected chi connectivity index (χ2v) is 7.00. The molecule has 4 atom stereocenters. The van der Waals surface area contributed by atoms with Gasteiger partial charge in [0.25, 0.3) is 0 Å². The summed E-state index contributed by atoms with van der Waals surface area (Å²) in [7, 11) is 0. The number of hydrogen-bond acceptors (Lipinski definition) is 6. The van der Waals surface area contributed by atoms with Crippen LogP contribution in [0.15, 0.2) is 33.8 Å². The van der Waals surface area contributed by atoms with E-state index in [1.807, 2.05) is 31.2 Å². The lowest BCUT2D eigenvalue weighted by atomic mass is 9.83. The van der Waals surface area contributed by atoms with E-state index in [2.05, 4.69) is 26.5 Å². The number of epoxide rings is 1. The van der Waals surface area contributed by atoms with Crippen molar-refractivity contribution in [1.29, 1.82) is 0 Å². The minimum Gasteiger partial charge on any atom is -0.464 e. The molecule has 128 valence electrons. The lowest BCUT2D eigenvalue weighted by Gasteiger charge is -2.20. The number of carbonyl (C=O) groups is 2. The summed E-state index contributed by atoms with van der Waals surface area (Å²) in [4.78, 5) is 25.1. The average Bonchev–Trinajstić information content (AvgIpc) is 2.99. The van der Waals surface area contributed by atoms with E-state index < -0.39 is 23.5 Å². The van der Waals surface area contributed by atoms with Crippen molar-refractivity contribution in [3.05, 3.63) is 34.3 Å². The standard InChI is InChI=1S/C17H19BrN2O4/c1-4-23-16(22)14-12(10-5-7-11(18)8-6-10)13(19-20-14)15(21)17(3)9(2)24-17/h5-9,12,14,20H,4H2,1-3H3/t9?,12-,14-,17?/m1/s1. The molecule has 3 rings (SSSR count). The van der Waals surface area contributed by atoms with Crippen molar-refractivity contribution < 1.29 is 19.1 Å². The topological polar surface area (TPSA) is 80.3 Å². The van der Waals surface area contributed by atoms with Crippen LogP contribution in [0.25, 0.3) is 0 Å². The van der Waals surface area contributed by atoms with Crippen LogP contribution in [0.4, 0.5) is 0 Å². The first-order chi connectivity index (χ1) is 11.4. The molecule has 7 heteroatoms. The summed E-state index contributed by atoms with van der Waals surface area (Å²) in [5.41, 5.74) is 3.04. The van der Waals surface area contributed by atoms with Gasteiger partial charge in [-0.15, -0.1) is 0 Å². The lowest BCUT2D eigenvalue weighted by molar-refractivity contribution is -0.145. The number of nitrogens with one attached hydrogen (secondary N) is 1. The Hall–Kier alpha value is -1.73. The third-order valence-corrected chi connectivity index (χ3v) is 5.07. The Morgan fingerprint density at radius 3 is 2.54 bits per heavy atom. The summed E-state index contributed by atoms with van der Waals surface area (Å²) in [5.74, 6) is -1.12. The number of Topliss-reactive ketones (excluding diaryl/α,β-unsaturated/α-hetero) is 1. The normalized spacial score (nSPS) is 31.2. The van der Waals surface area contributed by atoms with Gasteiger partial charge >= 0.3 is 5.97 Å². The maximum Gasteiger partial charge on any atom is 0.331 e. The van der Waals surface area contributed by atoms with E-state index in [4.69, 9.17) is 9.47 Å². The summed E-state index contributed by atoms with van der Waals surface area (Å²) in [5, 5.41) is 4.17. The smallest absolute Gasteiger partial charge is 0.331 e. The van der Waals surface area contributed by atoms with Crippen LogP contribution < -0.4 is 5.43 Å². The Morgan fingerprint density at radius 2 is 2.00 bits per heavy atom. The van der Waals surface area contributed by atoms with Crippen LogP contribution in [-0.4, -0.2) is 41.8 Å². The van der Waals surface area contributed by atoms with Crippen molar-refractivity contribution in [2.45, 2.75) is 44.4 Å². The number of benzene rings is 1. The predicted octanol–water partition coefficient (Wildman–Crippen LogP) is 2.17. The number of nitrogens with zero attached hydrogens (tertiary/aromatic N) is 1. The van der Waals surface area contributed by atoms with Crippen molar-refractivity contribution in [2.75, 3.05) is 6.61 Å². The van der Waals surface area contributed by atoms with Crippen molar-refractivity contribution in [1.82, 2.24) is 5.43 Å². The summed E-state index contributed by atoms with van der Waals surface area (Å²) in [6, 6.07) is 6.76. The zero-order valence-electron chi connectivity index (χ0n) is 13.7. The fourth-order valence-corrected chi connectivity index (χ4v) is 3.16. The van der Waals surface area contributed by atoms with E-state index in [9.17, 15) is 9.59 Å². The Morgan fingerprint density at radius 1 is 1.38 bits per heavy atom. The summed E-state index contributed by atoms with van der Waals surface area (Å²) < 4.78 is 11.5. The number of ether oxygens (including phenoxy) is 2. The van der Waals surface area contributed by atoms with E-state index in [0.29, 0.717) is 5.71 Å². The van der Waals surface area contributed by atoms with Crippen LogP contribution >= 0.6 is 15.9 Å². The molecule has 6 nitrogen and oxygen atoms in total. The van der Waals surface area contributed by atoms with Gasteiger partial charge in [-0.3, -0.25) is 10.2 Å². The largest absolute Gasteiger partial charge is 0.464 e. The van der Waals surface area contributed by atoms with Crippen LogP contribution in [0.2, 0.25) is 0 Å². The molecule has 1 N–H and O–H groups in total. The van der Waals surface area contributed by atoms with Gasteiger partial charge in [0.05, 0.1) is 18.6 Å². The van der Waals surface area contributed by atoms with Crippen molar-refractivity contribution >= 4 is 33.4 Å². The molecule has 0 saturated carbocycles. The highest BCUT2D eigenvalue weighted by Gasteiger charge is 2.59. The first-order valence-corrected chi connectivity index (χ1v) is 8.65. The molecular weight excluding hydrogens is 376 g/mol. The Labute approximate surface area is 148 Å². The zero-order chi connectivity index (χ0) is 17.5. The van der Waals surface area contributed by atoms with Gasteiger partial charge in [-0.1, -0.05) is 28.1 Å². The van der Waals surface area contributed by atoms with Gasteiger partial charge in [-0.25, -0.2) is 4.79 Å². The molecule has 1 aromatic rings. The fourth-order valence-electron chi connectivity index (χ4n) is 2.90. The summed E-state index contributed by atoms with van der Waals surface area (Å²) >= 11 is 3.39. The highest BCUT2D eigenvalue weighted by atomic mass is 79.9. The molecule has 2 unspecified atom stereocenters. The number of hydrogen-bond donors (Lipinski definition) is 1. The van der Waals surface area contributed by atoms with Crippen LogP contribution in [0.1, 0.15) is 32.3 Å². The molecule has 2 aliphatic rings. The minimum absolute atomic E-state index is 0.153. The maximum atomic E-state index is 12.9. The summed E-state index contributed by atoms with van der Waals surface area (Å²) in [6.45, 7) is 5.61. The van der Waals surface area contributed by atoms with Crippen LogP contribution in [0.3, 0.4) is 0 Å². The molecule has 0 radical (unpaired) electrons. The number of halogens is 1. The maximum absolute atomic E-state index is 12.9. The molecule has 0 aromatic heterocycles. The van der Waals surface area contributed by atoms with Crippen LogP contribution in [-0.2, 0) is 19.1 Å². The molecular formula is C17H19BrN2O4. The van der Waals surface area contributed by atoms with E-state index in [1.165, 1.54) is 0 Å². The van der Waals surface area contributed by atoms with Crippen LogP contribution in [0.5, 0.6) is 0 Å². The average molecular weight is 395 g/mol. The molecule has 0 spiro atoms. The molecule has 1 aromatic carbocycles. The molecule has 0 aliphatic carbocycles. The molecule has 2 aliphatic heterocycles. The first kappa shape index (κ1) is 17.1. The van der Waals surface area contributed by atoms with Crippen molar-refractivity contribution in [3.63, 3.8) is 0 Å². The van der Waals surface area contributed by atoms with Gasteiger partial charge < -0.3 is 9.47 Å². The van der Waals surface area contributed by atoms with Gasteiger partial charge in [0.15, 0.2) is 11.6 Å². The molecule has 0 amide bonds. The molecule has 1 saturated heterocycles. The lowest BCUT2D eigenvalue weighted by Crippen LogP contribution is -2.41. The number of hydrazone groups is 1. The monoisotopic (exact) mass is 394 g/mol. The van der Waals surface area contributed by atoms with Gasteiger partial charge in [0.1, 0.15) is 5.71 Å². The van der Waals surface area contributed by atoms with E-state index in [-0.39, 0.29) is 18.5 Å². The van der Waals surface area contributed by atoms with Crippen molar-refractivity contribution in [2.24, 2.45) is 5.10 Å². The second kappa shape index (κ2) is 6.29. The third-order valence-electron chi connectivity index (χ3n) is 4.55. The number of carbonyl (C=O) groups excluding carboxylic acids is 2. The van der Waals surface area contributed by atoms with Gasteiger partial charge in [0.2, 0.25) is 5.78 Å². The van der Waals surface area contributed by atoms with Gasteiger partial charge in [-0.05, 0) is 38.5 Å². The third kappa shape index (κ3) is 2.86. The molecule has 1 fully saturated rings. The Balaban J connectivity index is 1.94. The predicted molar refractivity (Wildman–Crippen MR) is 91.8 cm³/mol. The number of ketones is 1. The Kier molecular flexibility index (Phi) is 4.48. The molecule has 0 bridgehead atoms. The highest BCUT2D eigenvalue weighted by Crippen LogP contribution is 2.40. The Bertz CT molecular complexity index is 703. The minimum atomic E-state index is -0.863. The SMILES string of the molecule is CCOC(=O)[C@@H]1NN=C(C(=O)C2(C)OC2C)[C@H]1c1ccc(Br)cc1. The molecule has 2 heterocycles. The number of esters is 1. The zero-order valence-corrected chi connectivity index (χ0v) is 15.3. The highest BCUT2D eigenvalue weighted by molar-refractivity contribution is 9.10.